The van der Waals surface area contributed by atoms with E-state index >= 15 is 0 Å². The first-order chi connectivity index (χ1) is 8.09. The van der Waals surface area contributed by atoms with Crippen LogP contribution in [-0.4, -0.2) is 15.6 Å². The van der Waals surface area contributed by atoms with Crippen molar-refractivity contribution < 1.29 is 9.90 Å². The average Bonchev–Trinajstić information content (AvgIpc) is 2.72. The monoisotopic (exact) mass is 341 g/mol. The van der Waals surface area contributed by atoms with Crippen molar-refractivity contribution in [3.63, 3.8) is 0 Å². The van der Waals surface area contributed by atoms with Crippen molar-refractivity contribution in [1.29, 1.82) is 0 Å². The lowest BCUT2D eigenvalue weighted by molar-refractivity contribution is 0.0684. The quantitative estimate of drug-likeness (QED) is 0.870. The molecule has 0 saturated carbocycles. The van der Waals surface area contributed by atoms with Crippen molar-refractivity contribution in [2.24, 2.45) is 0 Å². The number of hydrogen-bond donors (Lipinski definition) is 1. The van der Waals surface area contributed by atoms with Crippen LogP contribution in [0, 0.1) is 3.57 Å². The summed E-state index contributed by atoms with van der Waals surface area (Å²) in [5.74, 6) is -0.893. The molecule has 2 rings (SSSR count). The van der Waals surface area contributed by atoms with Gasteiger partial charge in [-0.1, -0.05) is 30.3 Å². The largest absolute Gasteiger partial charge is 0.477 e. The maximum absolute atomic E-state index is 11.1. The zero-order chi connectivity index (χ0) is 12.4. The van der Waals surface area contributed by atoms with Crippen LogP contribution in [0.25, 0.3) is 0 Å². The van der Waals surface area contributed by atoms with Crippen molar-refractivity contribution in [1.82, 2.24) is 4.57 Å². The van der Waals surface area contributed by atoms with Gasteiger partial charge in [0.25, 0.3) is 0 Å². The number of carboxylic acids is 1. The van der Waals surface area contributed by atoms with Crippen LogP contribution in [0.5, 0.6) is 0 Å². The minimum atomic E-state index is -0.893. The highest BCUT2D eigenvalue weighted by molar-refractivity contribution is 14.1. The molecule has 0 spiro atoms. The summed E-state index contributed by atoms with van der Waals surface area (Å²) < 4.78 is 2.72. The first kappa shape index (κ1) is 12.2. The zero-order valence-corrected chi connectivity index (χ0v) is 11.5. The SMILES string of the molecule is CC(c1ccccc1)n1cc(I)cc1C(=O)O. The molecular weight excluding hydrogens is 329 g/mol. The summed E-state index contributed by atoms with van der Waals surface area (Å²) in [5.41, 5.74) is 1.42. The Morgan fingerprint density at radius 1 is 1.35 bits per heavy atom. The van der Waals surface area contributed by atoms with Gasteiger partial charge in [-0.15, -0.1) is 0 Å². The molecule has 0 amide bonds. The van der Waals surface area contributed by atoms with E-state index in [1.165, 1.54) is 0 Å². The lowest BCUT2D eigenvalue weighted by atomic mass is 10.1. The molecule has 0 radical (unpaired) electrons. The summed E-state index contributed by atoms with van der Waals surface area (Å²) in [6.07, 6.45) is 1.86. The molecule has 1 heterocycles. The Kier molecular flexibility index (Phi) is 3.51. The molecule has 0 saturated heterocycles. The Labute approximate surface area is 113 Å². The number of aromatic carboxylic acids is 1. The van der Waals surface area contributed by atoms with Crippen molar-refractivity contribution in [3.05, 3.63) is 57.4 Å². The molecule has 17 heavy (non-hydrogen) atoms. The predicted octanol–water partition coefficient (Wildman–Crippen LogP) is 3.40. The third-order valence-corrected chi connectivity index (χ3v) is 3.32. The first-order valence-corrected chi connectivity index (χ1v) is 6.33. The van der Waals surface area contributed by atoms with Gasteiger partial charge in [0.1, 0.15) is 5.69 Å². The van der Waals surface area contributed by atoms with E-state index in [1.54, 1.807) is 10.6 Å². The van der Waals surface area contributed by atoms with E-state index in [4.69, 9.17) is 5.11 Å². The Morgan fingerprint density at radius 2 is 2.00 bits per heavy atom. The number of carboxylic acid groups (broad SMARTS) is 1. The van der Waals surface area contributed by atoms with Crippen LogP contribution < -0.4 is 0 Å². The number of nitrogens with zero attached hydrogens (tertiary/aromatic N) is 1. The number of hydrogen-bond acceptors (Lipinski definition) is 1. The number of aromatic nitrogens is 1. The van der Waals surface area contributed by atoms with Gasteiger partial charge in [-0.25, -0.2) is 4.79 Å². The number of rotatable bonds is 3. The summed E-state index contributed by atoms with van der Waals surface area (Å²) in [5, 5.41) is 9.15. The van der Waals surface area contributed by atoms with E-state index in [-0.39, 0.29) is 6.04 Å². The van der Waals surface area contributed by atoms with Gasteiger partial charge in [0.15, 0.2) is 0 Å². The summed E-state index contributed by atoms with van der Waals surface area (Å²) in [6.45, 7) is 2.00. The lowest BCUT2D eigenvalue weighted by Gasteiger charge is -2.16. The van der Waals surface area contributed by atoms with Crippen LogP contribution in [0.3, 0.4) is 0 Å². The molecule has 0 aliphatic heterocycles. The van der Waals surface area contributed by atoms with Gasteiger partial charge in [0.2, 0.25) is 0 Å². The molecule has 0 aliphatic rings. The van der Waals surface area contributed by atoms with Crippen LogP contribution in [0.15, 0.2) is 42.6 Å². The molecule has 0 fully saturated rings. The first-order valence-electron chi connectivity index (χ1n) is 5.25. The summed E-state index contributed by atoms with van der Waals surface area (Å²) in [4.78, 5) is 11.1. The fourth-order valence-electron chi connectivity index (χ4n) is 1.83. The van der Waals surface area contributed by atoms with Crippen LogP contribution >= 0.6 is 22.6 Å². The number of carbonyl (C=O) groups is 1. The molecule has 1 aromatic carbocycles. The second-order valence-electron chi connectivity index (χ2n) is 3.84. The van der Waals surface area contributed by atoms with Crippen molar-refractivity contribution in [2.45, 2.75) is 13.0 Å². The maximum atomic E-state index is 11.1. The fourth-order valence-corrected chi connectivity index (χ4v) is 2.42. The standard InChI is InChI=1S/C13H12INO2/c1-9(10-5-3-2-4-6-10)15-8-11(14)7-12(15)13(16)17/h2-9H,1H3,(H,16,17). The molecule has 0 aliphatic carbocycles. The summed E-state index contributed by atoms with van der Waals surface area (Å²) >= 11 is 2.13. The number of benzene rings is 1. The van der Waals surface area contributed by atoms with Gasteiger partial charge >= 0.3 is 5.97 Å². The predicted molar refractivity (Wildman–Crippen MR) is 74.4 cm³/mol. The molecule has 4 heteroatoms. The Bertz CT molecular complexity index is 534. The molecule has 1 aromatic heterocycles. The van der Waals surface area contributed by atoms with Gasteiger partial charge < -0.3 is 9.67 Å². The molecular formula is C13H12INO2. The third kappa shape index (κ3) is 2.52. The van der Waals surface area contributed by atoms with Crippen LogP contribution in [-0.2, 0) is 0 Å². The third-order valence-electron chi connectivity index (χ3n) is 2.73. The van der Waals surface area contributed by atoms with Gasteiger partial charge in [-0.2, -0.15) is 0 Å². The van der Waals surface area contributed by atoms with Crippen molar-refractivity contribution in [2.75, 3.05) is 0 Å². The van der Waals surface area contributed by atoms with E-state index in [0.29, 0.717) is 5.69 Å². The minimum Gasteiger partial charge on any atom is -0.477 e. The van der Waals surface area contributed by atoms with Crippen molar-refractivity contribution >= 4 is 28.6 Å². The molecule has 1 atom stereocenters. The summed E-state index contributed by atoms with van der Waals surface area (Å²) in [6, 6.07) is 11.6. The number of halogens is 1. The van der Waals surface area contributed by atoms with Crippen LogP contribution in [0.4, 0.5) is 0 Å². The normalized spacial score (nSPS) is 12.4. The molecule has 0 bridgehead atoms. The van der Waals surface area contributed by atoms with Gasteiger partial charge in [0.05, 0.1) is 6.04 Å². The minimum absolute atomic E-state index is 0.0193. The van der Waals surface area contributed by atoms with E-state index in [2.05, 4.69) is 22.6 Å². The van der Waals surface area contributed by atoms with E-state index in [1.807, 2.05) is 43.5 Å². The Morgan fingerprint density at radius 3 is 2.59 bits per heavy atom. The van der Waals surface area contributed by atoms with Crippen LogP contribution in [0.2, 0.25) is 0 Å². The average molecular weight is 341 g/mol. The smallest absolute Gasteiger partial charge is 0.352 e. The van der Waals surface area contributed by atoms with Crippen molar-refractivity contribution in [3.8, 4) is 0 Å². The van der Waals surface area contributed by atoms with Gasteiger partial charge in [-0.3, -0.25) is 0 Å². The Hall–Kier alpha value is -1.30. The van der Waals surface area contributed by atoms with Gasteiger partial charge in [-0.05, 0) is 41.1 Å². The molecule has 1 unspecified atom stereocenters. The highest BCUT2D eigenvalue weighted by Gasteiger charge is 2.16. The Balaban J connectivity index is 2.44. The second-order valence-corrected chi connectivity index (χ2v) is 5.09. The van der Waals surface area contributed by atoms with E-state index in [9.17, 15) is 4.79 Å². The highest BCUT2D eigenvalue weighted by atomic mass is 127. The van der Waals surface area contributed by atoms with E-state index < -0.39 is 5.97 Å². The molecule has 2 aromatic rings. The maximum Gasteiger partial charge on any atom is 0.352 e. The second kappa shape index (κ2) is 4.91. The highest BCUT2D eigenvalue weighted by Crippen LogP contribution is 2.22. The molecule has 3 nitrogen and oxygen atoms in total. The lowest BCUT2D eigenvalue weighted by Crippen LogP contribution is -2.12. The van der Waals surface area contributed by atoms with Gasteiger partial charge in [0, 0.05) is 9.77 Å². The molecule has 88 valence electrons. The zero-order valence-electron chi connectivity index (χ0n) is 9.30. The van der Waals surface area contributed by atoms with Crippen LogP contribution in [0.1, 0.15) is 29.0 Å². The molecule has 1 N–H and O–H groups in total. The topological polar surface area (TPSA) is 42.2 Å². The fraction of sp³-hybridized carbons (Fsp3) is 0.154. The van der Waals surface area contributed by atoms with E-state index in [0.717, 1.165) is 9.13 Å². The summed E-state index contributed by atoms with van der Waals surface area (Å²) in [7, 11) is 0.